The normalized spacial score (nSPS) is 10.4. The lowest BCUT2D eigenvalue weighted by Crippen LogP contribution is -2.30. The van der Waals surface area contributed by atoms with E-state index in [1.54, 1.807) is 35.5 Å². The van der Waals surface area contributed by atoms with Crippen LogP contribution in [0, 0.1) is 0 Å². The van der Waals surface area contributed by atoms with Crippen molar-refractivity contribution in [2.45, 2.75) is 20.0 Å². The Morgan fingerprint density at radius 2 is 1.75 bits per heavy atom. The summed E-state index contributed by atoms with van der Waals surface area (Å²) in [6.07, 6.45) is 0. The molecule has 0 aliphatic rings. The maximum Gasteiger partial charge on any atom is 0.258 e. The average molecular weight is 394 g/mol. The number of rotatable bonds is 7. The summed E-state index contributed by atoms with van der Waals surface area (Å²) >= 11 is 1.62. The van der Waals surface area contributed by atoms with E-state index in [9.17, 15) is 9.59 Å². The molecule has 6 heteroatoms. The van der Waals surface area contributed by atoms with Crippen molar-refractivity contribution in [1.29, 1.82) is 0 Å². The van der Waals surface area contributed by atoms with Crippen LogP contribution in [-0.4, -0.2) is 18.9 Å². The lowest BCUT2D eigenvalue weighted by molar-refractivity contribution is -0.119. The van der Waals surface area contributed by atoms with E-state index >= 15 is 0 Å². The van der Waals surface area contributed by atoms with Gasteiger partial charge in [-0.15, -0.1) is 11.3 Å². The van der Waals surface area contributed by atoms with Gasteiger partial charge in [-0.2, -0.15) is 0 Å². The van der Waals surface area contributed by atoms with Crippen LogP contribution in [0.4, 0.5) is 5.69 Å². The third-order valence-electron chi connectivity index (χ3n) is 4.27. The molecule has 2 aromatic carbocycles. The lowest BCUT2D eigenvalue weighted by atomic mass is 10.1. The van der Waals surface area contributed by atoms with E-state index in [1.165, 1.54) is 6.92 Å². The van der Waals surface area contributed by atoms with Gasteiger partial charge in [0.15, 0.2) is 0 Å². The number of ether oxygens (including phenoxy) is 1. The summed E-state index contributed by atoms with van der Waals surface area (Å²) in [6.45, 7) is 2.42. The van der Waals surface area contributed by atoms with Crippen LogP contribution >= 0.6 is 11.3 Å². The van der Waals surface area contributed by atoms with E-state index in [4.69, 9.17) is 4.74 Å². The standard InChI is InChI=1S/C22H22N2O3S/c1-16(25)23-14-17-5-7-18(8-6-17)22(26)24(15-21-4-3-13-28-21)19-9-11-20(27-2)12-10-19/h3-13H,14-15H2,1-2H3,(H,23,25). The maximum absolute atomic E-state index is 13.2. The average Bonchev–Trinajstić information content (AvgIpc) is 3.24. The second-order valence-corrected chi connectivity index (χ2v) is 7.31. The van der Waals surface area contributed by atoms with Crippen LogP contribution in [0.15, 0.2) is 66.0 Å². The maximum atomic E-state index is 13.2. The first-order valence-electron chi connectivity index (χ1n) is 8.88. The van der Waals surface area contributed by atoms with Crippen LogP contribution < -0.4 is 15.0 Å². The first-order chi connectivity index (χ1) is 13.6. The molecule has 5 nitrogen and oxygen atoms in total. The highest BCUT2D eigenvalue weighted by molar-refractivity contribution is 7.09. The molecule has 0 radical (unpaired) electrons. The molecule has 1 aromatic heterocycles. The van der Waals surface area contributed by atoms with Gasteiger partial charge < -0.3 is 15.0 Å². The zero-order valence-electron chi connectivity index (χ0n) is 15.8. The molecule has 0 atom stereocenters. The SMILES string of the molecule is COc1ccc(N(Cc2cccs2)C(=O)c2ccc(CNC(C)=O)cc2)cc1. The molecule has 1 N–H and O–H groups in total. The van der Waals surface area contributed by atoms with Gasteiger partial charge in [0, 0.05) is 29.6 Å². The van der Waals surface area contributed by atoms with E-state index < -0.39 is 0 Å². The molecule has 0 saturated carbocycles. The molecule has 1 heterocycles. The quantitative estimate of drug-likeness (QED) is 0.652. The molecule has 0 fully saturated rings. The van der Waals surface area contributed by atoms with Crippen molar-refractivity contribution in [1.82, 2.24) is 5.32 Å². The molecule has 0 unspecified atom stereocenters. The van der Waals surface area contributed by atoms with Crippen LogP contribution in [0.5, 0.6) is 5.75 Å². The van der Waals surface area contributed by atoms with Gasteiger partial charge in [0.1, 0.15) is 5.75 Å². The minimum Gasteiger partial charge on any atom is -0.497 e. The van der Waals surface area contributed by atoms with Crippen molar-refractivity contribution in [2.24, 2.45) is 0 Å². The first-order valence-corrected chi connectivity index (χ1v) is 9.76. The number of hydrogen-bond donors (Lipinski definition) is 1. The topological polar surface area (TPSA) is 58.6 Å². The molecule has 0 aliphatic carbocycles. The van der Waals surface area contributed by atoms with Crippen molar-refractivity contribution in [2.75, 3.05) is 12.0 Å². The Kier molecular flexibility index (Phi) is 6.45. The summed E-state index contributed by atoms with van der Waals surface area (Å²) in [7, 11) is 1.62. The Morgan fingerprint density at radius 1 is 1.04 bits per heavy atom. The molecule has 3 aromatic rings. The molecule has 0 spiro atoms. The highest BCUT2D eigenvalue weighted by atomic mass is 32.1. The second-order valence-electron chi connectivity index (χ2n) is 6.28. The van der Waals surface area contributed by atoms with Crippen LogP contribution in [0.25, 0.3) is 0 Å². The smallest absolute Gasteiger partial charge is 0.258 e. The molecule has 0 saturated heterocycles. The van der Waals surface area contributed by atoms with Crippen LogP contribution in [-0.2, 0) is 17.9 Å². The highest BCUT2D eigenvalue weighted by Crippen LogP contribution is 2.24. The molecular formula is C22H22N2O3S. The summed E-state index contributed by atoms with van der Waals surface area (Å²) in [5.74, 6) is 0.584. The van der Waals surface area contributed by atoms with Gasteiger partial charge >= 0.3 is 0 Å². The number of amides is 2. The van der Waals surface area contributed by atoms with E-state index in [0.717, 1.165) is 21.9 Å². The van der Waals surface area contributed by atoms with Crippen LogP contribution in [0.3, 0.4) is 0 Å². The predicted molar refractivity (Wildman–Crippen MR) is 112 cm³/mol. The van der Waals surface area contributed by atoms with Crippen molar-refractivity contribution < 1.29 is 14.3 Å². The Balaban J connectivity index is 1.83. The summed E-state index contributed by atoms with van der Waals surface area (Å²) in [6, 6.07) is 18.8. The summed E-state index contributed by atoms with van der Waals surface area (Å²) in [4.78, 5) is 27.1. The Hall–Kier alpha value is -3.12. The van der Waals surface area contributed by atoms with Crippen LogP contribution in [0.2, 0.25) is 0 Å². The van der Waals surface area contributed by atoms with Gasteiger partial charge in [-0.05, 0) is 53.4 Å². The molecule has 2 amide bonds. The number of carbonyl (C=O) groups excluding carboxylic acids is 2. The van der Waals surface area contributed by atoms with Gasteiger partial charge in [-0.3, -0.25) is 9.59 Å². The molecule has 28 heavy (non-hydrogen) atoms. The van der Waals surface area contributed by atoms with E-state index in [-0.39, 0.29) is 11.8 Å². The number of carbonyl (C=O) groups is 2. The minimum atomic E-state index is -0.0817. The minimum absolute atomic E-state index is 0.0790. The Bertz CT molecular complexity index is 919. The zero-order valence-corrected chi connectivity index (χ0v) is 16.7. The second kappa shape index (κ2) is 9.19. The Labute approximate surface area is 168 Å². The van der Waals surface area contributed by atoms with Crippen molar-refractivity contribution >= 4 is 28.8 Å². The third-order valence-corrected chi connectivity index (χ3v) is 5.13. The molecular weight excluding hydrogens is 372 g/mol. The van der Waals surface area contributed by atoms with Crippen molar-refractivity contribution in [3.8, 4) is 5.75 Å². The van der Waals surface area contributed by atoms with E-state index in [2.05, 4.69) is 5.32 Å². The highest BCUT2D eigenvalue weighted by Gasteiger charge is 2.19. The number of hydrogen-bond acceptors (Lipinski definition) is 4. The van der Waals surface area contributed by atoms with E-state index in [0.29, 0.717) is 18.7 Å². The third kappa shape index (κ3) is 4.98. The largest absolute Gasteiger partial charge is 0.497 e. The van der Waals surface area contributed by atoms with Crippen molar-refractivity contribution in [3.63, 3.8) is 0 Å². The fourth-order valence-corrected chi connectivity index (χ4v) is 3.44. The van der Waals surface area contributed by atoms with Crippen molar-refractivity contribution in [3.05, 3.63) is 82.0 Å². The number of nitrogens with one attached hydrogen (secondary N) is 1. The van der Waals surface area contributed by atoms with Gasteiger partial charge in [-0.1, -0.05) is 18.2 Å². The number of thiophene rings is 1. The van der Waals surface area contributed by atoms with Gasteiger partial charge in [0.05, 0.1) is 13.7 Å². The predicted octanol–water partition coefficient (Wildman–Crippen LogP) is 4.24. The number of anilines is 1. The van der Waals surface area contributed by atoms with Gasteiger partial charge in [0.2, 0.25) is 5.91 Å². The fraction of sp³-hybridized carbons (Fsp3) is 0.182. The summed E-state index contributed by atoms with van der Waals surface area (Å²) in [5.41, 5.74) is 2.35. The molecule has 0 bridgehead atoms. The monoisotopic (exact) mass is 394 g/mol. The summed E-state index contributed by atoms with van der Waals surface area (Å²) < 4.78 is 5.22. The Morgan fingerprint density at radius 3 is 2.32 bits per heavy atom. The number of benzene rings is 2. The van der Waals surface area contributed by atoms with Gasteiger partial charge in [-0.25, -0.2) is 0 Å². The molecule has 0 aliphatic heterocycles. The first kappa shape index (κ1) is 19.6. The molecule has 144 valence electrons. The fourth-order valence-electron chi connectivity index (χ4n) is 2.75. The zero-order chi connectivity index (χ0) is 19.9. The lowest BCUT2D eigenvalue weighted by Gasteiger charge is -2.23. The van der Waals surface area contributed by atoms with Crippen LogP contribution in [0.1, 0.15) is 27.7 Å². The summed E-state index contributed by atoms with van der Waals surface area (Å²) in [5, 5.41) is 4.76. The number of methoxy groups -OCH3 is 1. The van der Waals surface area contributed by atoms with Gasteiger partial charge in [0.25, 0.3) is 5.91 Å². The number of nitrogens with zero attached hydrogens (tertiary/aromatic N) is 1. The molecule has 3 rings (SSSR count). The van der Waals surface area contributed by atoms with E-state index in [1.807, 2.05) is 53.9 Å².